The molecule has 0 fully saturated rings. The van der Waals surface area contributed by atoms with E-state index in [1.165, 1.54) is 36.1 Å². The van der Waals surface area contributed by atoms with Crippen molar-refractivity contribution in [3.05, 3.63) is 36.4 Å². The van der Waals surface area contributed by atoms with E-state index in [4.69, 9.17) is 5.73 Å². The Hall–Kier alpha value is -2.09. The number of nitrogens with two attached hydrogens (primary N) is 1. The molecule has 0 amide bonds. The van der Waals surface area contributed by atoms with Crippen molar-refractivity contribution in [3.8, 4) is 0 Å². The minimum atomic E-state index is -3.89. The average Bonchev–Trinajstić information content (AvgIpc) is 2.58. The molecule has 0 aliphatic heterocycles. The Morgan fingerprint density at radius 1 is 1.44 bits per heavy atom. The molecule has 0 unspecified atom stereocenters. The lowest BCUT2D eigenvalue weighted by Crippen LogP contribution is -2.17. The zero-order chi connectivity index (χ0) is 13.3. The van der Waals surface area contributed by atoms with E-state index >= 15 is 0 Å². The van der Waals surface area contributed by atoms with Crippen LogP contribution in [0.5, 0.6) is 0 Å². The summed E-state index contributed by atoms with van der Waals surface area (Å²) < 4.78 is 40.6. The summed E-state index contributed by atoms with van der Waals surface area (Å²) in [5, 5.41) is -0.160. The van der Waals surface area contributed by atoms with E-state index in [0.717, 1.165) is 6.07 Å². The first-order chi connectivity index (χ1) is 8.40. The highest BCUT2D eigenvalue weighted by Crippen LogP contribution is 2.20. The van der Waals surface area contributed by atoms with Gasteiger partial charge in [-0.05, 0) is 18.2 Å². The second-order valence-corrected chi connectivity index (χ2v) is 5.26. The molecule has 18 heavy (non-hydrogen) atoms. The van der Waals surface area contributed by atoms with Crippen LogP contribution in [0.4, 0.5) is 15.9 Å². The summed E-state index contributed by atoms with van der Waals surface area (Å²) in [5.74, 6) is -0.644. The summed E-state index contributed by atoms with van der Waals surface area (Å²) in [7, 11) is -2.39. The summed E-state index contributed by atoms with van der Waals surface area (Å²) >= 11 is 0. The van der Waals surface area contributed by atoms with Crippen LogP contribution in [-0.4, -0.2) is 18.0 Å². The van der Waals surface area contributed by atoms with Gasteiger partial charge in [-0.25, -0.2) is 9.37 Å². The number of nitrogen functional groups attached to an aromatic ring is 1. The van der Waals surface area contributed by atoms with Gasteiger partial charge in [0.25, 0.3) is 10.0 Å². The third kappa shape index (κ3) is 2.28. The molecule has 0 bridgehead atoms. The van der Waals surface area contributed by atoms with E-state index in [9.17, 15) is 12.8 Å². The van der Waals surface area contributed by atoms with Crippen LogP contribution >= 0.6 is 0 Å². The van der Waals surface area contributed by atoms with Gasteiger partial charge in [-0.2, -0.15) is 8.42 Å². The molecule has 2 rings (SSSR count). The summed E-state index contributed by atoms with van der Waals surface area (Å²) in [4.78, 5) is 3.69. The number of benzene rings is 1. The lowest BCUT2D eigenvalue weighted by Gasteiger charge is -2.08. The van der Waals surface area contributed by atoms with Crippen LogP contribution in [-0.2, 0) is 17.1 Å². The molecule has 0 saturated heterocycles. The molecule has 96 valence electrons. The number of halogens is 1. The second-order valence-electron chi connectivity index (χ2n) is 3.66. The van der Waals surface area contributed by atoms with Crippen LogP contribution in [0.3, 0.4) is 0 Å². The first-order valence-electron chi connectivity index (χ1n) is 4.95. The molecule has 0 saturated carbocycles. The number of nitrogens with one attached hydrogen (secondary N) is 1. The van der Waals surface area contributed by atoms with Gasteiger partial charge in [0.05, 0.1) is 12.0 Å². The van der Waals surface area contributed by atoms with Crippen LogP contribution in [0.2, 0.25) is 0 Å². The molecule has 1 aromatic heterocycles. The fourth-order valence-corrected chi connectivity index (χ4v) is 2.81. The Morgan fingerprint density at radius 3 is 2.72 bits per heavy atom. The van der Waals surface area contributed by atoms with Crippen LogP contribution in [0.25, 0.3) is 0 Å². The standard InChI is InChI=1S/C10H11FN4O2S/c1-15-6-13-9(12)10(15)18(16,17)14-8-4-2-3-7(11)5-8/h2-6,14H,12H2,1H3. The number of anilines is 2. The van der Waals surface area contributed by atoms with Gasteiger partial charge in [0.15, 0.2) is 10.8 Å². The lowest BCUT2D eigenvalue weighted by molar-refractivity contribution is 0.591. The van der Waals surface area contributed by atoms with E-state index in [0.29, 0.717) is 0 Å². The fourth-order valence-electron chi connectivity index (χ4n) is 1.52. The van der Waals surface area contributed by atoms with Crippen LogP contribution in [0, 0.1) is 5.82 Å². The number of rotatable bonds is 3. The Bertz CT molecular complexity index is 661. The SMILES string of the molecule is Cn1cnc(N)c1S(=O)(=O)Nc1cccc(F)c1. The van der Waals surface area contributed by atoms with Crippen molar-refractivity contribution in [2.75, 3.05) is 10.5 Å². The first kappa shape index (κ1) is 12.4. The maximum Gasteiger partial charge on any atom is 0.281 e. The summed E-state index contributed by atoms with van der Waals surface area (Å²) in [6.45, 7) is 0. The van der Waals surface area contributed by atoms with Crippen molar-refractivity contribution in [2.45, 2.75) is 5.03 Å². The second kappa shape index (κ2) is 4.30. The molecular formula is C10H11FN4O2S. The highest BCUT2D eigenvalue weighted by Gasteiger charge is 2.22. The normalized spacial score (nSPS) is 11.4. The number of hydrogen-bond acceptors (Lipinski definition) is 4. The maximum absolute atomic E-state index is 13.0. The molecule has 0 aliphatic rings. The highest BCUT2D eigenvalue weighted by atomic mass is 32.2. The Balaban J connectivity index is 2.39. The minimum Gasteiger partial charge on any atom is -0.381 e. The fraction of sp³-hybridized carbons (Fsp3) is 0.100. The van der Waals surface area contributed by atoms with E-state index in [2.05, 4.69) is 9.71 Å². The van der Waals surface area contributed by atoms with Crippen molar-refractivity contribution in [2.24, 2.45) is 7.05 Å². The van der Waals surface area contributed by atoms with Gasteiger partial charge in [-0.1, -0.05) is 6.07 Å². The summed E-state index contributed by atoms with van der Waals surface area (Å²) in [5.41, 5.74) is 5.61. The van der Waals surface area contributed by atoms with Crippen LogP contribution < -0.4 is 10.5 Å². The van der Waals surface area contributed by atoms with E-state index in [1.54, 1.807) is 0 Å². The summed E-state index contributed by atoms with van der Waals surface area (Å²) in [6.07, 6.45) is 1.29. The third-order valence-corrected chi connectivity index (χ3v) is 3.75. The number of aryl methyl sites for hydroxylation is 1. The largest absolute Gasteiger partial charge is 0.381 e. The average molecular weight is 270 g/mol. The van der Waals surface area contributed by atoms with Crippen molar-refractivity contribution in [1.82, 2.24) is 9.55 Å². The minimum absolute atomic E-state index is 0.110. The first-order valence-corrected chi connectivity index (χ1v) is 6.43. The molecular weight excluding hydrogens is 259 g/mol. The topological polar surface area (TPSA) is 90.0 Å². The van der Waals surface area contributed by atoms with Gasteiger partial charge < -0.3 is 10.3 Å². The number of aromatic nitrogens is 2. The smallest absolute Gasteiger partial charge is 0.281 e. The number of imidazole rings is 1. The molecule has 6 nitrogen and oxygen atoms in total. The molecule has 0 aliphatic carbocycles. The predicted molar refractivity (Wildman–Crippen MR) is 64.8 cm³/mol. The van der Waals surface area contributed by atoms with E-state index in [1.807, 2.05) is 0 Å². The molecule has 0 spiro atoms. The monoisotopic (exact) mass is 270 g/mol. The Morgan fingerprint density at radius 2 is 2.17 bits per heavy atom. The van der Waals surface area contributed by atoms with Gasteiger partial charge >= 0.3 is 0 Å². The number of nitrogens with zero attached hydrogens (tertiary/aromatic N) is 2. The maximum atomic E-state index is 13.0. The predicted octanol–water partition coefficient (Wildman–Crippen LogP) is 0.942. The molecule has 0 atom stereocenters. The molecule has 2 aromatic rings. The van der Waals surface area contributed by atoms with Crippen molar-refractivity contribution in [3.63, 3.8) is 0 Å². The van der Waals surface area contributed by atoms with Gasteiger partial charge in [0.2, 0.25) is 0 Å². The van der Waals surface area contributed by atoms with Crippen molar-refractivity contribution < 1.29 is 12.8 Å². The van der Waals surface area contributed by atoms with E-state index in [-0.39, 0.29) is 16.5 Å². The molecule has 3 N–H and O–H groups in total. The zero-order valence-electron chi connectivity index (χ0n) is 9.46. The van der Waals surface area contributed by atoms with Gasteiger partial charge in [0.1, 0.15) is 5.82 Å². The van der Waals surface area contributed by atoms with E-state index < -0.39 is 15.8 Å². The molecule has 1 heterocycles. The van der Waals surface area contributed by atoms with Gasteiger partial charge in [-0.15, -0.1) is 0 Å². The third-order valence-electron chi connectivity index (χ3n) is 2.24. The van der Waals surface area contributed by atoms with Crippen LogP contribution in [0.15, 0.2) is 35.6 Å². The highest BCUT2D eigenvalue weighted by molar-refractivity contribution is 7.92. The number of sulfonamides is 1. The lowest BCUT2D eigenvalue weighted by atomic mass is 10.3. The molecule has 0 radical (unpaired) electrons. The van der Waals surface area contributed by atoms with Gasteiger partial charge in [-0.3, -0.25) is 4.72 Å². The van der Waals surface area contributed by atoms with Crippen molar-refractivity contribution >= 4 is 21.5 Å². The van der Waals surface area contributed by atoms with Crippen LogP contribution in [0.1, 0.15) is 0 Å². The quantitative estimate of drug-likeness (QED) is 0.868. The molecule has 8 heteroatoms. The Labute approximate surface area is 103 Å². The zero-order valence-corrected chi connectivity index (χ0v) is 10.3. The summed E-state index contributed by atoms with van der Waals surface area (Å²) in [6, 6.07) is 5.13. The Kier molecular flexibility index (Phi) is 2.95. The molecule has 1 aromatic carbocycles. The van der Waals surface area contributed by atoms with Gasteiger partial charge in [0, 0.05) is 7.05 Å². The van der Waals surface area contributed by atoms with Crippen molar-refractivity contribution in [1.29, 1.82) is 0 Å². The number of hydrogen-bond donors (Lipinski definition) is 2.